The molecular formula is C15H23NO3. The van der Waals surface area contributed by atoms with Crippen LogP contribution in [0.2, 0.25) is 0 Å². The van der Waals surface area contributed by atoms with Gasteiger partial charge >= 0.3 is 6.09 Å². The zero-order valence-corrected chi connectivity index (χ0v) is 11.7. The number of phenols is 1. The van der Waals surface area contributed by atoms with E-state index in [2.05, 4.69) is 19.2 Å². The number of carbonyl (C=O) groups is 1. The van der Waals surface area contributed by atoms with Crippen LogP contribution in [-0.4, -0.2) is 17.8 Å². The number of carbonyl (C=O) groups excluding carboxylic acids is 1. The number of aromatic hydroxyl groups is 1. The molecule has 0 aliphatic carbocycles. The van der Waals surface area contributed by atoms with Crippen LogP contribution in [0.25, 0.3) is 0 Å². The van der Waals surface area contributed by atoms with E-state index in [-0.39, 0.29) is 5.75 Å². The molecular weight excluding hydrogens is 242 g/mol. The molecule has 0 bridgehead atoms. The van der Waals surface area contributed by atoms with Crippen LogP contribution in [0, 0.1) is 5.92 Å². The second kappa shape index (κ2) is 8.40. The van der Waals surface area contributed by atoms with E-state index in [0.29, 0.717) is 18.2 Å². The number of nitrogens with one attached hydrogen (secondary N) is 1. The number of hydrogen-bond acceptors (Lipinski definition) is 3. The molecule has 1 atom stereocenters. The Hall–Kier alpha value is -1.71. The Balaban J connectivity index is 2.34. The second-order valence-corrected chi connectivity index (χ2v) is 4.69. The van der Waals surface area contributed by atoms with E-state index in [1.165, 1.54) is 6.07 Å². The summed E-state index contributed by atoms with van der Waals surface area (Å²) in [5.41, 5.74) is 0.534. The molecule has 4 nitrogen and oxygen atoms in total. The van der Waals surface area contributed by atoms with Crippen LogP contribution in [0.3, 0.4) is 0 Å². The zero-order valence-electron chi connectivity index (χ0n) is 11.7. The Morgan fingerprint density at radius 1 is 1.42 bits per heavy atom. The molecule has 0 saturated heterocycles. The van der Waals surface area contributed by atoms with Crippen LogP contribution in [0.4, 0.5) is 10.5 Å². The summed E-state index contributed by atoms with van der Waals surface area (Å²) in [5, 5.41) is 11.9. The van der Waals surface area contributed by atoms with Crippen molar-refractivity contribution in [3.63, 3.8) is 0 Å². The van der Waals surface area contributed by atoms with Crippen LogP contribution in [-0.2, 0) is 4.74 Å². The quantitative estimate of drug-likeness (QED) is 0.778. The molecule has 0 aromatic heterocycles. The van der Waals surface area contributed by atoms with E-state index < -0.39 is 6.09 Å². The van der Waals surface area contributed by atoms with Crippen LogP contribution < -0.4 is 5.32 Å². The summed E-state index contributed by atoms with van der Waals surface area (Å²) in [6, 6.07) is 6.40. The number of phenolic OH excluding ortho intramolecular Hbond substituents is 1. The largest absolute Gasteiger partial charge is 0.508 e. The van der Waals surface area contributed by atoms with Crippen LogP contribution in [0.5, 0.6) is 5.75 Å². The second-order valence-electron chi connectivity index (χ2n) is 4.69. The highest BCUT2D eigenvalue weighted by Crippen LogP contribution is 2.16. The molecule has 2 N–H and O–H groups in total. The number of benzene rings is 1. The van der Waals surface area contributed by atoms with Crippen molar-refractivity contribution < 1.29 is 14.6 Å². The molecule has 0 radical (unpaired) electrons. The van der Waals surface area contributed by atoms with Gasteiger partial charge in [-0.05, 0) is 24.5 Å². The highest BCUT2D eigenvalue weighted by atomic mass is 16.5. The third-order valence-electron chi connectivity index (χ3n) is 3.09. The third-order valence-corrected chi connectivity index (χ3v) is 3.09. The topological polar surface area (TPSA) is 58.6 Å². The molecule has 0 aliphatic rings. The predicted octanol–water partition coefficient (Wildman–Crippen LogP) is 4.16. The van der Waals surface area contributed by atoms with E-state index in [1.807, 2.05) is 0 Å². The van der Waals surface area contributed by atoms with E-state index in [9.17, 15) is 9.90 Å². The normalized spacial score (nSPS) is 11.9. The average molecular weight is 265 g/mol. The van der Waals surface area contributed by atoms with Gasteiger partial charge in [-0.15, -0.1) is 0 Å². The van der Waals surface area contributed by atoms with Gasteiger partial charge < -0.3 is 9.84 Å². The molecule has 106 valence electrons. The smallest absolute Gasteiger partial charge is 0.411 e. The molecule has 0 spiro atoms. The van der Waals surface area contributed by atoms with Crippen molar-refractivity contribution in [3.05, 3.63) is 24.3 Å². The van der Waals surface area contributed by atoms with Crippen molar-refractivity contribution in [2.24, 2.45) is 5.92 Å². The van der Waals surface area contributed by atoms with Gasteiger partial charge in [0.15, 0.2) is 0 Å². The van der Waals surface area contributed by atoms with Crippen molar-refractivity contribution >= 4 is 11.8 Å². The maximum atomic E-state index is 11.6. The van der Waals surface area contributed by atoms with Crippen LogP contribution >= 0.6 is 0 Å². The first kappa shape index (κ1) is 15.3. The maximum Gasteiger partial charge on any atom is 0.411 e. The molecule has 1 aromatic carbocycles. The molecule has 1 aromatic rings. The van der Waals surface area contributed by atoms with E-state index in [4.69, 9.17) is 4.74 Å². The van der Waals surface area contributed by atoms with Gasteiger partial charge in [-0.2, -0.15) is 0 Å². The fraction of sp³-hybridized carbons (Fsp3) is 0.533. The number of ether oxygens (including phenoxy) is 1. The molecule has 0 saturated carbocycles. The number of amides is 1. The zero-order chi connectivity index (χ0) is 14.1. The van der Waals surface area contributed by atoms with Gasteiger partial charge in [0.05, 0.1) is 6.61 Å². The molecule has 1 unspecified atom stereocenters. The van der Waals surface area contributed by atoms with Crippen molar-refractivity contribution in [1.82, 2.24) is 0 Å². The molecule has 0 heterocycles. The summed E-state index contributed by atoms with van der Waals surface area (Å²) < 4.78 is 5.20. The van der Waals surface area contributed by atoms with Crippen molar-refractivity contribution in [2.75, 3.05) is 11.9 Å². The minimum Gasteiger partial charge on any atom is -0.508 e. The minimum atomic E-state index is -0.472. The molecule has 0 fully saturated rings. The Labute approximate surface area is 114 Å². The third kappa shape index (κ3) is 6.13. The lowest BCUT2D eigenvalue weighted by Gasteiger charge is -2.15. The van der Waals surface area contributed by atoms with Crippen molar-refractivity contribution in [2.45, 2.75) is 39.5 Å². The number of rotatable bonds is 7. The first-order valence-electron chi connectivity index (χ1n) is 6.88. The van der Waals surface area contributed by atoms with Crippen LogP contribution in [0.15, 0.2) is 24.3 Å². The monoisotopic (exact) mass is 265 g/mol. The Bertz CT molecular complexity index is 393. The van der Waals surface area contributed by atoms with Crippen LogP contribution in [0.1, 0.15) is 39.5 Å². The Morgan fingerprint density at radius 2 is 2.21 bits per heavy atom. The van der Waals surface area contributed by atoms with Gasteiger partial charge in [0.25, 0.3) is 0 Å². The fourth-order valence-corrected chi connectivity index (χ4v) is 1.83. The van der Waals surface area contributed by atoms with E-state index in [1.54, 1.807) is 18.2 Å². The summed E-state index contributed by atoms with van der Waals surface area (Å²) in [6.07, 6.45) is 3.95. The van der Waals surface area contributed by atoms with Gasteiger partial charge in [0.2, 0.25) is 0 Å². The Morgan fingerprint density at radius 3 is 2.84 bits per heavy atom. The van der Waals surface area contributed by atoms with E-state index >= 15 is 0 Å². The minimum absolute atomic E-state index is 0.118. The highest BCUT2D eigenvalue weighted by Gasteiger charge is 2.10. The first-order valence-corrected chi connectivity index (χ1v) is 6.88. The number of unbranched alkanes of at least 4 members (excludes halogenated alkanes) is 1. The summed E-state index contributed by atoms with van der Waals surface area (Å²) in [6.45, 7) is 4.71. The first-order chi connectivity index (χ1) is 9.15. The SMILES string of the molecule is CCCCC(CC)COC(=O)Nc1cccc(O)c1. The van der Waals surface area contributed by atoms with E-state index in [0.717, 1.165) is 25.7 Å². The highest BCUT2D eigenvalue weighted by molar-refractivity contribution is 5.84. The average Bonchev–Trinajstić information content (AvgIpc) is 2.39. The molecule has 1 amide bonds. The fourth-order valence-electron chi connectivity index (χ4n) is 1.83. The van der Waals surface area contributed by atoms with Gasteiger partial charge in [0.1, 0.15) is 5.75 Å². The summed E-state index contributed by atoms with van der Waals surface area (Å²) in [5.74, 6) is 0.544. The number of anilines is 1. The maximum absolute atomic E-state index is 11.6. The molecule has 1 rings (SSSR count). The van der Waals surface area contributed by atoms with Crippen molar-refractivity contribution in [3.8, 4) is 5.75 Å². The van der Waals surface area contributed by atoms with Gasteiger partial charge in [-0.3, -0.25) is 5.32 Å². The predicted molar refractivity (Wildman–Crippen MR) is 76.4 cm³/mol. The summed E-state index contributed by atoms with van der Waals surface area (Å²) >= 11 is 0. The summed E-state index contributed by atoms with van der Waals surface area (Å²) in [4.78, 5) is 11.6. The molecule has 19 heavy (non-hydrogen) atoms. The van der Waals surface area contributed by atoms with Crippen molar-refractivity contribution in [1.29, 1.82) is 0 Å². The number of hydrogen-bond donors (Lipinski definition) is 2. The summed E-state index contributed by atoms with van der Waals surface area (Å²) in [7, 11) is 0. The van der Waals surface area contributed by atoms with Gasteiger partial charge in [0, 0.05) is 11.8 Å². The molecule has 0 aliphatic heterocycles. The molecule has 4 heteroatoms. The Kier molecular flexibility index (Phi) is 6.79. The van der Waals surface area contributed by atoms with Gasteiger partial charge in [-0.1, -0.05) is 39.2 Å². The lowest BCUT2D eigenvalue weighted by atomic mass is 10.0. The van der Waals surface area contributed by atoms with Gasteiger partial charge in [-0.25, -0.2) is 4.79 Å². The standard InChI is InChI=1S/C15H23NO3/c1-3-5-7-12(4-2)11-19-15(18)16-13-8-6-9-14(17)10-13/h6,8-10,12,17H,3-5,7,11H2,1-2H3,(H,16,18). The lowest BCUT2D eigenvalue weighted by Crippen LogP contribution is -2.18. The lowest BCUT2D eigenvalue weighted by molar-refractivity contribution is 0.136.